The molecule has 0 aromatic heterocycles. The second kappa shape index (κ2) is 9.32. The Balaban J connectivity index is 1.58. The summed E-state index contributed by atoms with van der Waals surface area (Å²) in [6.07, 6.45) is 3.16. The molecule has 3 rings (SSSR count). The van der Waals surface area contributed by atoms with Gasteiger partial charge in [0.05, 0.1) is 4.90 Å². The normalized spacial score (nSPS) is 11.5. The Hall–Kier alpha value is -3.22. The maximum atomic E-state index is 12.4. The number of nitrogens with one attached hydrogen (secondary N) is 2. The van der Waals surface area contributed by atoms with Crippen LogP contribution in [0.2, 0.25) is 0 Å². The van der Waals surface area contributed by atoms with Crippen LogP contribution in [0.25, 0.3) is 6.08 Å². The van der Waals surface area contributed by atoms with Crippen molar-refractivity contribution in [3.63, 3.8) is 0 Å². The van der Waals surface area contributed by atoms with Gasteiger partial charge in [0, 0.05) is 18.3 Å². The minimum atomic E-state index is -3.63. The highest BCUT2D eigenvalue weighted by Gasteiger charge is 2.13. The van der Waals surface area contributed by atoms with Gasteiger partial charge in [0.25, 0.3) is 0 Å². The zero-order chi connectivity index (χ0) is 20.7. The lowest BCUT2D eigenvalue weighted by molar-refractivity contribution is -0.111. The van der Waals surface area contributed by atoms with Gasteiger partial charge in [-0.1, -0.05) is 60.2 Å². The molecular formula is C23H22N2O3S. The number of amides is 1. The van der Waals surface area contributed by atoms with E-state index in [0.29, 0.717) is 5.69 Å². The molecule has 5 nitrogen and oxygen atoms in total. The summed E-state index contributed by atoms with van der Waals surface area (Å²) in [6, 6.07) is 23.2. The molecular weight excluding hydrogens is 384 g/mol. The first kappa shape index (κ1) is 20.5. The molecule has 1 amide bonds. The molecule has 0 bridgehead atoms. The molecule has 0 atom stereocenters. The lowest BCUT2D eigenvalue weighted by Gasteiger charge is -2.08. The monoisotopic (exact) mass is 406 g/mol. The largest absolute Gasteiger partial charge is 0.323 e. The third kappa shape index (κ3) is 6.14. The van der Waals surface area contributed by atoms with Crippen LogP contribution in [0.1, 0.15) is 16.7 Å². The first-order chi connectivity index (χ1) is 13.9. The van der Waals surface area contributed by atoms with Crippen LogP contribution in [0.4, 0.5) is 5.69 Å². The van der Waals surface area contributed by atoms with Crippen LogP contribution in [-0.4, -0.2) is 14.3 Å². The predicted octanol–water partition coefficient (Wildman–Crippen LogP) is 4.13. The highest BCUT2D eigenvalue weighted by Crippen LogP contribution is 2.15. The van der Waals surface area contributed by atoms with Gasteiger partial charge in [-0.05, 0) is 48.4 Å². The van der Waals surface area contributed by atoms with E-state index in [1.165, 1.54) is 18.2 Å². The topological polar surface area (TPSA) is 75.3 Å². The summed E-state index contributed by atoms with van der Waals surface area (Å²) in [4.78, 5) is 12.2. The van der Waals surface area contributed by atoms with E-state index in [1.54, 1.807) is 18.2 Å². The number of hydrogen-bond acceptors (Lipinski definition) is 3. The van der Waals surface area contributed by atoms with Gasteiger partial charge < -0.3 is 5.32 Å². The van der Waals surface area contributed by atoms with E-state index in [9.17, 15) is 13.2 Å². The van der Waals surface area contributed by atoms with Crippen molar-refractivity contribution in [2.24, 2.45) is 0 Å². The molecule has 0 saturated heterocycles. The highest BCUT2D eigenvalue weighted by molar-refractivity contribution is 7.89. The molecule has 0 unspecified atom stereocenters. The molecule has 0 aliphatic rings. The smallest absolute Gasteiger partial charge is 0.248 e. The van der Waals surface area contributed by atoms with Crippen LogP contribution in [0.3, 0.4) is 0 Å². The molecule has 0 aliphatic heterocycles. The molecule has 0 heterocycles. The molecule has 148 valence electrons. The molecule has 29 heavy (non-hydrogen) atoms. The van der Waals surface area contributed by atoms with Gasteiger partial charge in [-0.25, -0.2) is 13.1 Å². The summed E-state index contributed by atoms with van der Waals surface area (Å²) in [5.41, 5.74) is 3.47. The maximum absolute atomic E-state index is 12.4. The van der Waals surface area contributed by atoms with E-state index in [-0.39, 0.29) is 17.3 Å². The quantitative estimate of drug-likeness (QED) is 0.580. The van der Waals surface area contributed by atoms with E-state index in [2.05, 4.69) is 10.0 Å². The minimum Gasteiger partial charge on any atom is -0.323 e. The number of aryl methyl sites for hydroxylation is 1. The predicted molar refractivity (Wildman–Crippen MR) is 116 cm³/mol. The molecule has 3 aromatic carbocycles. The zero-order valence-corrected chi connectivity index (χ0v) is 16.8. The Morgan fingerprint density at radius 1 is 0.897 bits per heavy atom. The average Bonchev–Trinajstić information content (AvgIpc) is 2.73. The second-order valence-electron chi connectivity index (χ2n) is 6.57. The SMILES string of the molecule is Cc1ccc(/C=C/C(=O)Nc2ccc(S(=O)(=O)NCc3ccccc3)cc2)cc1. The summed E-state index contributed by atoms with van der Waals surface area (Å²) in [5, 5.41) is 2.72. The third-order valence-corrected chi connectivity index (χ3v) is 5.66. The van der Waals surface area contributed by atoms with E-state index in [4.69, 9.17) is 0 Å². The Bertz CT molecular complexity index is 1090. The van der Waals surface area contributed by atoms with Gasteiger partial charge in [-0.2, -0.15) is 0 Å². The standard InChI is InChI=1S/C23H22N2O3S/c1-18-7-9-19(10-8-18)11-16-23(26)25-21-12-14-22(15-13-21)29(27,28)24-17-20-5-3-2-4-6-20/h2-16,24H,17H2,1H3,(H,25,26)/b16-11+. The third-order valence-electron chi connectivity index (χ3n) is 4.25. The summed E-state index contributed by atoms with van der Waals surface area (Å²) < 4.78 is 27.4. The number of hydrogen-bond donors (Lipinski definition) is 2. The molecule has 6 heteroatoms. The average molecular weight is 407 g/mol. The molecule has 0 saturated carbocycles. The summed E-state index contributed by atoms with van der Waals surface area (Å²) >= 11 is 0. The Kier molecular flexibility index (Phi) is 6.59. The first-order valence-electron chi connectivity index (χ1n) is 9.12. The number of rotatable bonds is 7. The van der Waals surface area contributed by atoms with Gasteiger partial charge in [0.2, 0.25) is 15.9 Å². The lowest BCUT2D eigenvalue weighted by Crippen LogP contribution is -2.23. The van der Waals surface area contributed by atoms with E-state index < -0.39 is 10.0 Å². The molecule has 0 aliphatic carbocycles. The molecule has 3 aromatic rings. The number of carbonyl (C=O) groups excluding carboxylic acids is 1. The van der Waals surface area contributed by atoms with E-state index in [0.717, 1.165) is 16.7 Å². The maximum Gasteiger partial charge on any atom is 0.248 e. The minimum absolute atomic E-state index is 0.140. The van der Waals surface area contributed by atoms with Gasteiger partial charge in [0.15, 0.2) is 0 Å². The van der Waals surface area contributed by atoms with Gasteiger partial charge in [-0.3, -0.25) is 4.79 Å². The van der Waals surface area contributed by atoms with Crippen molar-refractivity contribution >= 4 is 27.7 Å². The fourth-order valence-corrected chi connectivity index (χ4v) is 3.63. The molecule has 0 fully saturated rings. The fraction of sp³-hybridized carbons (Fsp3) is 0.0870. The Morgan fingerprint density at radius 2 is 1.55 bits per heavy atom. The lowest BCUT2D eigenvalue weighted by atomic mass is 10.1. The van der Waals surface area contributed by atoms with Crippen LogP contribution < -0.4 is 10.0 Å². The zero-order valence-electron chi connectivity index (χ0n) is 16.0. The summed E-state index contributed by atoms with van der Waals surface area (Å²) in [6.45, 7) is 2.22. The van der Waals surface area contributed by atoms with Crippen molar-refractivity contribution in [2.75, 3.05) is 5.32 Å². The van der Waals surface area contributed by atoms with Crippen molar-refractivity contribution in [1.82, 2.24) is 4.72 Å². The van der Waals surface area contributed by atoms with Crippen molar-refractivity contribution in [3.05, 3.63) is 102 Å². The highest BCUT2D eigenvalue weighted by atomic mass is 32.2. The Morgan fingerprint density at radius 3 is 2.21 bits per heavy atom. The van der Waals surface area contributed by atoms with Gasteiger partial charge >= 0.3 is 0 Å². The van der Waals surface area contributed by atoms with Crippen LogP contribution in [0.15, 0.2) is 89.8 Å². The van der Waals surface area contributed by atoms with Crippen molar-refractivity contribution in [2.45, 2.75) is 18.4 Å². The number of benzene rings is 3. The van der Waals surface area contributed by atoms with Crippen molar-refractivity contribution < 1.29 is 13.2 Å². The summed E-state index contributed by atoms with van der Waals surface area (Å²) in [5.74, 6) is -0.289. The fourth-order valence-electron chi connectivity index (χ4n) is 2.61. The van der Waals surface area contributed by atoms with Crippen LogP contribution in [-0.2, 0) is 21.4 Å². The number of anilines is 1. The van der Waals surface area contributed by atoms with E-state index in [1.807, 2.05) is 61.5 Å². The van der Waals surface area contributed by atoms with Crippen LogP contribution in [0.5, 0.6) is 0 Å². The molecule has 2 N–H and O–H groups in total. The van der Waals surface area contributed by atoms with Gasteiger partial charge in [-0.15, -0.1) is 0 Å². The number of carbonyl (C=O) groups is 1. The molecule has 0 radical (unpaired) electrons. The van der Waals surface area contributed by atoms with E-state index >= 15 is 0 Å². The van der Waals surface area contributed by atoms with Crippen LogP contribution in [0, 0.1) is 6.92 Å². The Labute approximate surface area is 171 Å². The van der Waals surface area contributed by atoms with Crippen molar-refractivity contribution in [1.29, 1.82) is 0 Å². The molecule has 0 spiro atoms. The second-order valence-corrected chi connectivity index (χ2v) is 8.33. The first-order valence-corrected chi connectivity index (χ1v) is 10.6. The summed E-state index contributed by atoms with van der Waals surface area (Å²) in [7, 11) is -3.63. The van der Waals surface area contributed by atoms with Gasteiger partial charge in [0.1, 0.15) is 0 Å². The van der Waals surface area contributed by atoms with Crippen LogP contribution >= 0.6 is 0 Å². The number of sulfonamides is 1. The van der Waals surface area contributed by atoms with Crippen molar-refractivity contribution in [3.8, 4) is 0 Å².